The summed E-state index contributed by atoms with van der Waals surface area (Å²) in [4.78, 5) is 37.1. The molecule has 1 aromatic rings. The summed E-state index contributed by atoms with van der Waals surface area (Å²) in [5.74, 6) is 1.47. The first kappa shape index (κ1) is 18.6. The van der Waals surface area contributed by atoms with Gasteiger partial charge in [0.25, 0.3) is 5.91 Å². The monoisotopic (exact) mass is 359 g/mol. The van der Waals surface area contributed by atoms with Crippen LogP contribution in [0, 0.1) is 11.8 Å². The van der Waals surface area contributed by atoms with E-state index in [1.54, 1.807) is 19.3 Å². The van der Waals surface area contributed by atoms with Crippen LogP contribution in [-0.4, -0.2) is 58.9 Å². The van der Waals surface area contributed by atoms with E-state index in [4.69, 9.17) is 0 Å². The van der Waals surface area contributed by atoms with Crippen molar-refractivity contribution in [3.05, 3.63) is 18.1 Å². The van der Waals surface area contributed by atoms with Crippen molar-refractivity contribution in [1.82, 2.24) is 20.2 Å². The Labute approximate surface area is 155 Å². The van der Waals surface area contributed by atoms with Gasteiger partial charge in [0.05, 0.1) is 18.4 Å². The minimum absolute atomic E-state index is 0.0115. The Hall–Kier alpha value is -2.18. The summed E-state index contributed by atoms with van der Waals surface area (Å²) in [5.41, 5.74) is 0.411. The third-order valence-electron chi connectivity index (χ3n) is 5.42. The van der Waals surface area contributed by atoms with Crippen LogP contribution >= 0.6 is 0 Å². The van der Waals surface area contributed by atoms with Crippen LogP contribution in [0.5, 0.6) is 0 Å². The minimum atomic E-state index is -0.0305. The van der Waals surface area contributed by atoms with E-state index in [1.807, 2.05) is 4.90 Å². The van der Waals surface area contributed by atoms with E-state index in [-0.39, 0.29) is 17.9 Å². The highest BCUT2D eigenvalue weighted by Crippen LogP contribution is 2.27. The molecule has 0 aromatic carbocycles. The molecule has 142 valence electrons. The second kappa shape index (κ2) is 8.01. The second-order valence-electron chi connectivity index (χ2n) is 7.74. The van der Waals surface area contributed by atoms with Crippen molar-refractivity contribution in [2.45, 2.75) is 46.1 Å². The molecule has 0 aliphatic carbocycles. The number of anilines is 1. The fourth-order valence-electron chi connectivity index (χ4n) is 3.98. The molecule has 2 aliphatic heterocycles. The molecule has 2 amide bonds. The highest BCUT2D eigenvalue weighted by molar-refractivity contribution is 5.92. The number of hydrogen-bond acceptors (Lipinski definition) is 5. The molecule has 2 unspecified atom stereocenters. The first-order valence-corrected chi connectivity index (χ1v) is 9.59. The number of nitrogens with one attached hydrogen (secondary N) is 1. The molecule has 7 heteroatoms. The maximum absolute atomic E-state index is 12.7. The number of aromatic nitrogens is 2. The van der Waals surface area contributed by atoms with E-state index in [0.717, 1.165) is 32.5 Å². The molecule has 0 spiro atoms. The fraction of sp³-hybridized carbons (Fsp3) is 0.684. The van der Waals surface area contributed by atoms with Gasteiger partial charge in [0, 0.05) is 39.0 Å². The zero-order valence-corrected chi connectivity index (χ0v) is 15.9. The molecule has 26 heavy (non-hydrogen) atoms. The molecule has 2 atom stereocenters. The predicted molar refractivity (Wildman–Crippen MR) is 99.9 cm³/mol. The maximum atomic E-state index is 12.7. The van der Waals surface area contributed by atoms with Crippen molar-refractivity contribution in [2.24, 2.45) is 11.8 Å². The molecule has 3 rings (SSSR count). The van der Waals surface area contributed by atoms with Crippen LogP contribution in [0.1, 0.15) is 50.5 Å². The van der Waals surface area contributed by atoms with Crippen LogP contribution in [-0.2, 0) is 4.79 Å². The van der Waals surface area contributed by atoms with Crippen LogP contribution in [0.25, 0.3) is 0 Å². The minimum Gasteiger partial charge on any atom is -0.353 e. The Balaban J connectivity index is 1.75. The van der Waals surface area contributed by atoms with Crippen LogP contribution < -0.4 is 10.2 Å². The molecular formula is C19H29N5O2. The largest absolute Gasteiger partial charge is 0.353 e. The van der Waals surface area contributed by atoms with Gasteiger partial charge >= 0.3 is 0 Å². The normalized spacial score (nSPS) is 23.4. The smallest absolute Gasteiger partial charge is 0.274 e. The maximum Gasteiger partial charge on any atom is 0.274 e. The fourth-order valence-corrected chi connectivity index (χ4v) is 3.98. The van der Waals surface area contributed by atoms with Crippen molar-refractivity contribution < 1.29 is 9.59 Å². The number of amides is 2. The highest BCUT2D eigenvalue weighted by atomic mass is 16.2. The van der Waals surface area contributed by atoms with Crippen LogP contribution in [0.4, 0.5) is 5.82 Å². The van der Waals surface area contributed by atoms with Crippen LogP contribution in [0.3, 0.4) is 0 Å². The molecule has 1 aromatic heterocycles. The molecule has 2 saturated heterocycles. The van der Waals surface area contributed by atoms with Gasteiger partial charge in [-0.05, 0) is 25.2 Å². The summed E-state index contributed by atoms with van der Waals surface area (Å²) in [6.07, 6.45) is 6.56. The molecule has 7 nitrogen and oxygen atoms in total. The molecule has 0 saturated carbocycles. The van der Waals surface area contributed by atoms with Gasteiger partial charge in [-0.1, -0.05) is 13.8 Å². The second-order valence-corrected chi connectivity index (χ2v) is 7.74. The standard InChI is InChI=1S/C19H29N5O2/c1-13(2)15-11-24(12-17(15)21-14(3)25)18-10-20-9-16(22-18)19(26)23-7-5-4-6-8-23/h9-10,13,15,17H,4-8,11-12H2,1-3H3,(H,21,25). The van der Waals surface area contributed by atoms with E-state index in [0.29, 0.717) is 29.9 Å². The number of nitrogens with zero attached hydrogens (tertiary/aromatic N) is 4. The summed E-state index contributed by atoms with van der Waals surface area (Å²) in [6.45, 7) is 8.99. The number of hydrogen-bond donors (Lipinski definition) is 1. The zero-order valence-electron chi connectivity index (χ0n) is 15.9. The SMILES string of the molecule is CC(=O)NC1CN(c2cncc(C(=O)N3CCCCC3)n2)CC1C(C)C. The van der Waals surface area contributed by atoms with Gasteiger partial charge in [-0.2, -0.15) is 0 Å². The lowest BCUT2D eigenvalue weighted by atomic mass is 9.91. The van der Waals surface area contributed by atoms with Crippen molar-refractivity contribution in [3.63, 3.8) is 0 Å². The predicted octanol–water partition coefficient (Wildman–Crippen LogP) is 1.70. The van der Waals surface area contributed by atoms with Crippen LogP contribution in [0.2, 0.25) is 0 Å². The molecule has 0 radical (unpaired) electrons. The first-order valence-electron chi connectivity index (χ1n) is 9.59. The van der Waals surface area contributed by atoms with Crippen molar-refractivity contribution in [2.75, 3.05) is 31.1 Å². The quantitative estimate of drug-likeness (QED) is 0.885. The van der Waals surface area contributed by atoms with Gasteiger partial charge < -0.3 is 15.1 Å². The van der Waals surface area contributed by atoms with Gasteiger partial charge in [-0.25, -0.2) is 4.98 Å². The van der Waals surface area contributed by atoms with E-state index < -0.39 is 0 Å². The molecule has 1 N–H and O–H groups in total. The molecule has 0 bridgehead atoms. The van der Waals surface area contributed by atoms with E-state index >= 15 is 0 Å². The Morgan fingerprint density at radius 2 is 1.88 bits per heavy atom. The van der Waals surface area contributed by atoms with E-state index in [9.17, 15) is 9.59 Å². The van der Waals surface area contributed by atoms with Gasteiger partial charge in [-0.3, -0.25) is 14.6 Å². The average Bonchev–Trinajstić information content (AvgIpc) is 3.05. The number of piperidine rings is 1. The highest BCUT2D eigenvalue weighted by Gasteiger charge is 2.36. The number of carbonyl (C=O) groups excluding carboxylic acids is 2. The number of carbonyl (C=O) groups is 2. The summed E-state index contributed by atoms with van der Waals surface area (Å²) in [6, 6.07) is 0.0933. The summed E-state index contributed by atoms with van der Waals surface area (Å²) >= 11 is 0. The zero-order chi connectivity index (χ0) is 18.7. The molecule has 2 fully saturated rings. The van der Waals surface area contributed by atoms with Gasteiger partial charge in [-0.15, -0.1) is 0 Å². The third-order valence-corrected chi connectivity index (χ3v) is 5.42. The summed E-state index contributed by atoms with van der Waals surface area (Å²) in [7, 11) is 0. The van der Waals surface area contributed by atoms with Gasteiger partial charge in [0.2, 0.25) is 5.91 Å². The third kappa shape index (κ3) is 4.14. The lowest BCUT2D eigenvalue weighted by Crippen LogP contribution is -2.40. The Morgan fingerprint density at radius 3 is 2.54 bits per heavy atom. The van der Waals surface area contributed by atoms with Crippen LogP contribution in [0.15, 0.2) is 12.4 Å². The van der Waals surface area contributed by atoms with Gasteiger partial charge in [0.15, 0.2) is 0 Å². The summed E-state index contributed by atoms with van der Waals surface area (Å²) < 4.78 is 0. The lowest BCUT2D eigenvalue weighted by Gasteiger charge is -2.26. The van der Waals surface area contributed by atoms with Gasteiger partial charge in [0.1, 0.15) is 11.5 Å². The Kier molecular flexibility index (Phi) is 5.74. The average molecular weight is 359 g/mol. The van der Waals surface area contributed by atoms with Crippen molar-refractivity contribution >= 4 is 17.6 Å². The molecular weight excluding hydrogens is 330 g/mol. The van der Waals surface area contributed by atoms with Crippen molar-refractivity contribution in [1.29, 1.82) is 0 Å². The topological polar surface area (TPSA) is 78.4 Å². The Bertz CT molecular complexity index is 657. The number of rotatable bonds is 4. The lowest BCUT2D eigenvalue weighted by molar-refractivity contribution is -0.119. The van der Waals surface area contributed by atoms with Crippen molar-refractivity contribution in [3.8, 4) is 0 Å². The first-order chi connectivity index (χ1) is 12.5. The van der Waals surface area contributed by atoms with E-state index in [1.165, 1.54) is 6.42 Å². The Morgan fingerprint density at radius 1 is 1.15 bits per heavy atom. The summed E-state index contributed by atoms with van der Waals surface area (Å²) in [5, 5.41) is 3.06. The molecule has 3 heterocycles. The number of likely N-dealkylation sites (tertiary alicyclic amines) is 1. The van der Waals surface area contributed by atoms with E-state index in [2.05, 4.69) is 34.0 Å². The molecule has 2 aliphatic rings.